The Balaban J connectivity index is 2.28. The average molecular weight is 242 g/mol. The van der Waals surface area contributed by atoms with E-state index in [2.05, 4.69) is 6.92 Å². The zero-order valence-corrected chi connectivity index (χ0v) is 10.1. The summed E-state index contributed by atoms with van der Waals surface area (Å²) >= 11 is 0. The Labute approximate surface area is 101 Å². The molecule has 0 spiro atoms. The minimum Gasteiger partial charge on any atom is -0.491 e. The lowest BCUT2D eigenvalue weighted by Crippen LogP contribution is -2.07. The Bertz CT molecular complexity index is 328. The molecule has 0 amide bonds. The number of aliphatic hydroxyl groups is 1. The Kier molecular flexibility index (Phi) is 6.58. The van der Waals surface area contributed by atoms with Crippen LogP contribution in [0.15, 0.2) is 18.2 Å². The summed E-state index contributed by atoms with van der Waals surface area (Å²) in [7, 11) is 0. The third-order valence-electron chi connectivity index (χ3n) is 2.25. The van der Waals surface area contributed by atoms with Crippen LogP contribution >= 0.6 is 0 Å². The van der Waals surface area contributed by atoms with E-state index in [1.54, 1.807) is 6.07 Å². The zero-order chi connectivity index (χ0) is 12.5. The van der Waals surface area contributed by atoms with Crippen LogP contribution in [0.4, 0.5) is 4.39 Å². The molecule has 1 rings (SSSR count). The number of aliphatic hydroxyl groups excluding tert-OH is 1. The molecule has 1 aromatic carbocycles. The first kappa shape index (κ1) is 13.9. The summed E-state index contributed by atoms with van der Waals surface area (Å²) in [5.74, 6) is 0.0200. The predicted molar refractivity (Wildman–Crippen MR) is 63.5 cm³/mol. The van der Waals surface area contributed by atoms with E-state index < -0.39 is 5.82 Å². The fourth-order valence-corrected chi connectivity index (χ4v) is 1.36. The van der Waals surface area contributed by atoms with E-state index in [1.807, 2.05) is 0 Å². The first-order chi connectivity index (χ1) is 8.26. The molecule has 0 fully saturated rings. The monoisotopic (exact) mass is 242 g/mol. The number of hydrogen-bond acceptors (Lipinski definition) is 3. The number of unbranched alkanes of at least 4 members (excludes halogenated alkanes) is 1. The van der Waals surface area contributed by atoms with Gasteiger partial charge < -0.3 is 14.6 Å². The van der Waals surface area contributed by atoms with Gasteiger partial charge in [-0.2, -0.15) is 0 Å². The van der Waals surface area contributed by atoms with Gasteiger partial charge in [-0.25, -0.2) is 4.39 Å². The SMILES string of the molecule is CCCCOCCOc1cc(F)cc(CO)c1. The van der Waals surface area contributed by atoms with E-state index in [9.17, 15) is 4.39 Å². The highest BCUT2D eigenvalue weighted by Crippen LogP contribution is 2.16. The second-order valence-electron chi connectivity index (χ2n) is 3.77. The topological polar surface area (TPSA) is 38.7 Å². The van der Waals surface area contributed by atoms with E-state index >= 15 is 0 Å². The van der Waals surface area contributed by atoms with Crippen molar-refractivity contribution in [3.63, 3.8) is 0 Å². The lowest BCUT2D eigenvalue weighted by atomic mass is 10.2. The summed E-state index contributed by atoms with van der Waals surface area (Å²) in [5, 5.41) is 8.91. The molecule has 0 saturated carbocycles. The molecule has 3 nitrogen and oxygen atoms in total. The van der Waals surface area contributed by atoms with Crippen LogP contribution in [0, 0.1) is 5.82 Å². The molecule has 0 heterocycles. The van der Waals surface area contributed by atoms with Gasteiger partial charge in [-0.3, -0.25) is 0 Å². The van der Waals surface area contributed by atoms with Crippen LogP contribution in [-0.4, -0.2) is 24.9 Å². The molecular weight excluding hydrogens is 223 g/mol. The number of ether oxygens (including phenoxy) is 2. The zero-order valence-electron chi connectivity index (χ0n) is 10.1. The summed E-state index contributed by atoms with van der Waals surface area (Å²) < 4.78 is 23.7. The van der Waals surface area contributed by atoms with Crippen LogP contribution in [0.1, 0.15) is 25.3 Å². The first-order valence-corrected chi connectivity index (χ1v) is 5.87. The van der Waals surface area contributed by atoms with E-state index in [0.29, 0.717) is 24.5 Å². The molecule has 17 heavy (non-hydrogen) atoms. The molecule has 0 bridgehead atoms. The lowest BCUT2D eigenvalue weighted by molar-refractivity contribution is 0.0979. The van der Waals surface area contributed by atoms with Crippen LogP contribution in [0.2, 0.25) is 0 Å². The molecule has 0 saturated heterocycles. The quantitative estimate of drug-likeness (QED) is 0.712. The largest absolute Gasteiger partial charge is 0.491 e. The maximum absolute atomic E-state index is 13.1. The molecule has 0 aliphatic heterocycles. The van der Waals surface area contributed by atoms with Crippen LogP contribution in [0.25, 0.3) is 0 Å². The molecule has 0 aliphatic carbocycles. The summed E-state index contributed by atoms with van der Waals surface area (Å²) in [4.78, 5) is 0. The van der Waals surface area contributed by atoms with Crippen LogP contribution < -0.4 is 4.74 Å². The molecule has 1 aromatic rings. The van der Waals surface area contributed by atoms with Crippen molar-refractivity contribution in [1.29, 1.82) is 0 Å². The fraction of sp³-hybridized carbons (Fsp3) is 0.538. The highest BCUT2D eigenvalue weighted by atomic mass is 19.1. The highest BCUT2D eigenvalue weighted by Gasteiger charge is 2.01. The summed E-state index contributed by atoms with van der Waals surface area (Å²) in [6.45, 7) is 3.51. The average Bonchev–Trinajstić information content (AvgIpc) is 2.33. The summed E-state index contributed by atoms with van der Waals surface area (Å²) in [6, 6.07) is 4.20. The molecule has 4 heteroatoms. The van der Waals surface area contributed by atoms with Gasteiger partial charge in [-0.1, -0.05) is 13.3 Å². The number of halogens is 1. The van der Waals surface area contributed by atoms with Crippen molar-refractivity contribution in [2.24, 2.45) is 0 Å². The van der Waals surface area contributed by atoms with Crippen molar-refractivity contribution in [3.8, 4) is 5.75 Å². The van der Waals surface area contributed by atoms with Crippen molar-refractivity contribution in [2.75, 3.05) is 19.8 Å². The van der Waals surface area contributed by atoms with E-state index in [4.69, 9.17) is 14.6 Å². The Hall–Kier alpha value is -1.13. The first-order valence-electron chi connectivity index (χ1n) is 5.87. The fourth-order valence-electron chi connectivity index (χ4n) is 1.36. The van der Waals surface area contributed by atoms with Gasteiger partial charge in [0.2, 0.25) is 0 Å². The van der Waals surface area contributed by atoms with Crippen LogP contribution in [-0.2, 0) is 11.3 Å². The summed E-state index contributed by atoms with van der Waals surface area (Å²) in [5.41, 5.74) is 0.506. The molecule has 0 unspecified atom stereocenters. The molecule has 0 aliphatic rings. The standard InChI is InChI=1S/C13H19FO3/c1-2-3-4-16-5-6-17-13-8-11(10-15)7-12(14)9-13/h7-9,15H,2-6,10H2,1H3. The van der Waals surface area contributed by atoms with Gasteiger partial charge in [-0.15, -0.1) is 0 Å². The minimum atomic E-state index is -0.404. The van der Waals surface area contributed by atoms with Crippen LogP contribution in [0.5, 0.6) is 5.75 Å². The van der Waals surface area contributed by atoms with Crippen LogP contribution in [0.3, 0.4) is 0 Å². The van der Waals surface area contributed by atoms with E-state index in [1.165, 1.54) is 12.1 Å². The van der Waals surface area contributed by atoms with Gasteiger partial charge in [-0.05, 0) is 24.1 Å². The third kappa shape index (κ3) is 5.65. The Morgan fingerprint density at radius 2 is 2.00 bits per heavy atom. The van der Waals surface area contributed by atoms with E-state index in [-0.39, 0.29) is 6.61 Å². The third-order valence-corrected chi connectivity index (χ3v) is 2.25. The highest BCUT2D eigenvalue weighted by molar-refractivity contribution is 5.29. The molecule has 96 valence electrons. The summed E-state index contributed by atoms with van der Waals surface area (Å²) in [6.07, 6.45) is 2.14. The van der Waals surface area contributed by atoms with Crippen molar-refractivity contribution >= 4 is 0 Å². The van der Waals surface area contributed by atoms with Gasteiger partial charge in [0.25, 0.3) is 0 Å². The van der Waals surface area contributed by atoms with Crippen molar-refractivity contribution < 1.29 is 19.0 Å². The number of hydrogen-bond donors (Lipinski definition) is 1. The normalized spacial score (nSPS) is 10.5. The van der Waals surface area contributed by atoms with Crippen molar-refractivity contribution in [3.05, 3.63) is 29.6 Å². The van der Waals surface area contributed by atoms with Crippen molar-refractivity contribution in [2.45, 2.75) is 26.4 Å². The number of benzene rings is 1. The predicted octanol–water partition coefficient (Wildman–Crippen LogP) is 2.51. The molecule has 0 atom stereocenters. The van der Waals surface area contributed by atoms with Gasteiger partial charge >= 0.3 is 0 Å². The smallest absolute Gasteiger partial charge is 0.127 e. The maximum Gasteiger partial charge on any atom is 0.127 e. The second kappa shape index (κ2) is 8.03. The molecule has 0 radical (unpaired) electrons. The molecule has 0 aromatic heterocycles. The molecule has 1 N–H and O–H groups in total. The van der Waals surface area contributed by atoms with Gasteiger partial charge in [0.1, 0.15) is 18.2 Å². The van der Waals surface area contributed by atoms with E-state index in [0.717, 1.165) is 19.4 Å². The van der Waals surface area contributed by atoms with Gasteiger partial charge in [0.05, 0.1) is 13.2 Å². The van der Waals surface area contributed by atoms with Gasteiger partial charge in [0.15, 0.2) is 0 Å². The maximum atomic E-state index is 13.1. The number of rotatable bonds is 8. The Morgan fingerprint density at radius 3 is 2.71 bits per heavy atom. The Morgan fingerprint density at radius 1 is 1.18 bits per heavy atom. The van der Waals surface area contributed by atoms with Crippen molar-refractivity contribution in [1.82, 2.24) is 0 Å². The minimum absolute atomic E-state index is 0.193. The van der Waals surface area contributed by atoms with Gasteiger partial charge in [0, 0.05) is 12.7 Å². The second-order valence-corrected chi connectivity index (χ2v) is 3.77. The lowest BCUT2D eigenvalue weighted by Gasteiger charge is -2.08. The molecular formula is C13H19FO3.